The summed E-state index contributed by atoms with van der Waals surface area (Å²) in [6.45, 7) is 26.6. The van der Waals surface area contributed by atoms with E-state index in [2.05, 4.69) is 98.6 Å². The van der Waals surface area contributed by atoms with Gasteiger partial charge in [0.25, 0.3) is 0 Å². The van der Waals surface area contributed by atoms with Gasteiger partial charge in [-0.05, 0) is 67.5 Å². The molecule has 5 atom stereocenters. The molecular formula is C39H64O7Si2. The number of rotatable bonds is 16. The van der Waals surface area contributed by atoms with Crippen molar-refractivity contribution in [1.82, 2.24) is 0 Å². The van der Waals surface area contributed by atoms with Crippen LogP contribution >= 0.6 is 0 Å². The van der Waals surface area contributed by atoms with Crippen molar-refractivity contribution < 1.29 is 32.7 Å². The molecule has 0 amide bonds. The van der Waals surface area contributed by atoms with Gasteiger partial charge in [0.2, 0.25) is 0 Å². The molecule has 0 bridgehead atoms. The van der Waals surface area contributed by atoms with Crippen molar-refractivity contribution in [1.29, 1.82) is 0 Å². The minimum Gasteiger partial charge on any atom is -0.469 e. The smallest absolute Gasteiger partial charge is 0.305 e. The van der Waals surface area contributed by atoms with Gasteiger partial charge in [-0.15, -0.1) is 11.8 Å². The van der Waals surface area contributed by atoms with Gasteiger partial charge in [0.05, 0.1) is 25.2 Å². The van der Waals surface area contributed by atoms with Crippen LogP contribution < -0.4 is 4.74 Å². The first-order valence-electron chi connectivity index (χ1n) is 17.5. The van der Waals surface area contributed by atoms with Gasteiger partial charge < -0.3 is 23.1 Å². The number of carbonyl (C=O) groups excluding carboxylic acids is 2. The number of methoxy groups -OCH3 is 2. The maximum atomic E-state index is 14.2. The van der Waals surface area contributed by atoms with E-state index in [-0.39, 0.29) is 52.7 Å². The SMILES string of the molecule is CC#CCC(C)C(C=CC1C(O[Si](C)(C)C(C)(C)C)CC(=O)C1c1cccc(CCCC(=O)OC)c1OCOC)O[Si](C)(C)C(C)(C)C. The summed E-state index contributed by atoms with van der Waals surface area (Å²) in [7, 11) is -1.38. The summed E-state index contributed by atoms with van der Waals surface area (Å²) in [5.74, 6) is 6.31. The topological polar surface area (TPSA) is 80.3 Å². The zero-order valence-electron chi connectivity index (χ0n) is 32.4. The molecule has 1 fully saturated rings. The number of carbonyl (C=O) groups is 2. The van der Waals surface area contributed by atoms with E-state index in [4.69, 9.17) is 23.1 Å². The average molecular weight is 701 g/mol. The second kappa shape index (κ2) is 17.6. The van der Waals surface area contributed by atoms with E-state index in [1.54, 1.807) is 7.11 Å². The number of Topliss-reactive ketones (excluding diaryl/α,β-unsaturated/α-hetero) is 1. The lowest BCUT2D eigenvalue weighted by atomic mass is 9.84. The number of benzene rings is 1. The predicted molar refractivity (Wildman–Crippen MR) is 200 cm³/mol. The Balaban J connectivity index is 2.71. The van der Waals surface area contributed by atoms with Crippen molar-refractivity contribution in [2.24, 2.45) is 11.8 Å². The van der Waals surface area contributed by atoms with Crippen molar-refractivity contribution in [3.8, 4) is 17.6 Å². The molecule has 0 N–H and O–H groups in total. The number of ketones is 1. The maximum absolute atomic E-state index is 14.2. The fourth-order valence-electron chi connectivity index (χ4n) is 5.53. The highest BCUT2D eigenvalue weighted by atomic mass is 28.4. The Morgan fingerprint density at radius 1 is 1.04 bits per heavy atom. The highest BCUT2D eigenvalue weighted by Gasteiger charge is 2.49. The summed E-state index contributed by atoms with van der Waals surface area (Å²) in [5.41, 5.74) is 1.76. The lowest BCUT2D eigenvalue weighted by molar-refractivity contribution is -0.140. The molecule has 2 rings (SSSR count). The van der Waals surface area contributed by atoms with Crippen molar-refractivity contribution in [2.75, 3.05) is 21.0 Å². The van der Waals surface area contributed by atoms with Crippen LogP contribution in [0.2, 0.25) is 36.3 Å². The Morgan fingerprint density at radius 3 is 2.25 bits per heavy atom. The van der Waals surface area contributed by atoms with E-state index in [1.165, 1.54) is 7.11 Å². The largest absolute Gasteiger partial charge is 0.469 e. The molecule has 0 aromatic heterocycles. The summed E-state index contributed by atoms with van der Waals surface area (Å²) < 4.78 is 30.5. The average Bonchev–Trinajstić information content (AvgIpc) is 3.28. The Kier molecular flexibility index (Phi) is 15.4. The molecule has 1 saturated carbocycles. The number of ether oxygens (including phenoxy) is 3. The molecule has 1 aliphatic rings. The van der Waals surface area contributed by atoms with Crippen molar-refractivity contribution >= 4 is 28.4 Å². The minimum absolute atomic E-state index is 0.0179. The number of esters is 1. The van der Waals surface area contributed by atoms with E-state index in [0.717, 1.165) is 17.5 Å². The molecule has 270 valence electrons. The fourth-order valence-corrected chi connectivity index (χ4v) is 8.22. The molecule has 0 saturated heterocycles. The third kappa shape index (κ3) is 11.1. The molecule has 48 heavy (non-hydrogen) atoms. The van der Waals surface area contributed by atoms with Crippen molar-refractivity contribution in [3.05, 3.63) is 41.5 Å². The monoisotopic (exact) mass is 700 g/mol. The first-order chi connectivity index (χ1) is 22.2. The van der Waals surface area contributed by atoms with Crippen LogP contribution in [0, 0.1) is 23.7 Å². The first kappa shape index (κ1) is 41.9. The van der Waals surface area contributed by atoms with E-state index in [0.29, 0.717) is 31.4 Å². The summed E-state index contributed by atoms with van der Waals surface area (Å²) in [5, 5.41) is 0.0208. The van der Waals surface area contributed by atoms with Crippen LogP contribution in [0.3, 0.4) is 0 Å². The minimum atomic E-state index is -2.23. The lowest BCUT2D eigenvalue weighted by Crippen LogP contribution is -2.45. The van der Waals surface area contributed by atoms with Crippen molar-refractivity contribution in [2.45, 2.75) is 142 Å². The summed E-state index contributed by atoms with van der Waals surface area (Å²) in [6.07, 6.45) is 6.50. The van der Waals surface area contributed by atoms with E-state index in [1.807, 2.05) is 25.1 Å². The van der Waals surface area contributed by atoms with Crippen LogP contribution in [0.15, 0.2) is 30.4 Å². The molecule has 1 aromatic carbocycles. The molecule has 9 heteroatoms. The normalized spacial score (nSPS) is 20.4. The number of hydrogen-bond donors (Lipinski definition) is 0. The number of aryl methyl sites for hydroxylation is 1. The van der Waals surface area contributed by atoms with Gasteiger partial charge in [-0.25, -0.2) is 0 Å². The highest BCUT2D eigenvalue weighted by Crippen LogP contribution is 2.48. The molecule has 1 aromatic rings. The highest BCUT2D eigenvalue weighted by molar-refractivity contribution is 6.74. The Bertz CT molecular complexity index is 1310. The molecule has 5 unspecified atom stereocenters. The van der Waals surface area contributed by atoms with Crippen LogP contribution in [0.25, 0.3) is 0 Å². The maximum Gasteiger partial charge on any atom is 0.305 e. The van der Waals surface area contributed by atoms with Crippen LogP contribution in [-0.4, -0.2) is 61.6 Å². The zero-order valence-corrected chi connectivity index (χ0v) is 34.4. The molecule has 7 nitrogen and oxygen atoms in total. The summed E-state index contributed by atoms with van der Waals surface area (Å²) >= 11 is 0. The van der Waals surface area contributed by atoms with Gasteiger partial charge in [0.15, 0.2) is 23.4 Å². The standard InChI is InChI=1S/C39H64O7Si2/c1-15-16-19-28(2)33(45-47(11,12)38(3,4)5)25-24-30-34(46-48(13,14)39(6,7)8)26-32(40)36(30)31-22-17-20-29(37(31)44-27-42-9)21-18-23-35(41)43-10/h17,20,22,24-25,28,30,33-34,36H,18-19,21,23,26-27H2,1-14H3. The summed E-state index contributed by atoms with van der Waals surface area (Å²) in [6, 6.07) is 5.97. The summed E-state index contributed by atoms with van der Waals surface area (Å²) in [4.78, 5) is 26.1. The van der Waals surface area contributed by atoms with Gasteiger partial charge in [-0.3, -0.25) is 9.59 Å². The van der Waals surface area contributed by atoms with Gasteiger partial charge in [-0.1, -0.05) is 78.8 Å². The first-order valence-corrected chi connectivity index (χ1v) is 23.3. The van der Waals surface area contributed by atoms with E-state index >= 15 is 0 Å². The van der Waals surface area contributed by atoms with Crippen LogP contribution in [0.1, 0.15) is 98.1 Å². The van der Waals surface area contributed by atoms with E-state index in [9.17, 15) is 9.59 Å². The number of para-hydroxylation sites is 1. The lowest BCUT2D eigenvalue weighted by Gasteiger charge is -2.41. The van der Waals surface area contributed by atoms with Gasteiger partial charge >= 0.3 is 5.97 Å². The van der Waals surface area contributed by atoms with Gasteiger partial charge in [0.1, 0.15) is 11.5 Å². The van der Waals surface area contributed by atoms with Crippen LogP contribution in [0.4, 0.5) is 0 Å². The fraction of sp³-hybridized carbons (Fsp3) is 0.692. The third-order valence-corrected chi connectivity index (χ3v) is 19.6. The van der Waals surface area contributed by atoms with Gasteiger partial charge in [-0.2, -0.15) is 0 Å². The second-order valence-corrected chi connectivity index (χ2v) is 25.8. The quantitative estimate of drug-likeness (QED) is 0.0559. The van der Waals surface area contributed by atoms with Crippen LogP contribution in [0.5, 0.6) is 5.75 Å². The Morgan fingerprint density at radius 2 is 1.69 bits per heavy atom. The molecule has 0 radical (unpaired) electrons. The number of hydrogen-bond acceptors (Lipinski definition) is 7. The molecule has 0 aliphatic heterocycles. The molecule has 1 aliphatic carbocycles. The van der Waals surface area contributed by atoms with Gasteiger partial charge in [0, 0.05) is 37.9 Å². The second-order valence-electron chi connectivity index (χ2n) is 16.3. The molecular weight excluding hydrogens is 637 g/mol. The third-order valence-electron chi connectivity index (χ3n) is 10.6. The molecule has 0 spiro atoms. The van der Waals surface area contributed by atoms with Crippen LogP contribution in [-0.2, 0) is 34.3 Å². The predicted octanol–water partition coefficient (Wildman–Crippen LogP) is 9.22. The Labute approximate surface area is 294 Å². The Hall–Kier alpha value is -2.23. The van der Waals surface area contributed by atoms with Crippen molar-refractivity contribution in [3.63, 3.8) is 0 Å². The molecule has 0 heterocycles. The zero-order chi connectivity index (χ0) is 36.5. The van der Waals surface area contributed by atoms with E-state index < -0.39 is 22.6 Å².